The summed E-state index contributed by atoms with van der Waals surface area (Å²) in [6, 6.07) is 2.10. The van der Waals surface area contributed by atoms with Crippen molar-refractivity contribution in [1.29, 1.82) is 10.7 Å². The maximum atomic E-state index is 8.45. The van der Waals surface area contributed by atoms with Gasteiger partial charge in [-0.3, -0.25) is 5.41 Å². The van der Waals surface area contributed by atoms with Crippen LogP contribution in [0, 0.1) is 22.7 Å². The zero-order valence-electron chi connectivity index (χ0n) is 5.81. The SMILES string of the molecule is CC(C#N)C1=C(C(=N)N)C1. The molecule has 0 amide bonds. The lowest BCUT2D eigenvalue weighted by atomic mass is 10.1. The van der Waals surface area contributed by atoms with Crippen molar-refractivity contribution in [2.45, 2.75) is 13.3 Å². The first-order chi connectivity index (χ1) is 4.66. The molecule has 1 rings (SSSR count). The number of rotatable bonds is 2. The summed E-state index contributed by atoms with van der Waals surface area (Å²) in [7, 11) is 0. The summed E-state index contributed by atoms with van der Waals surface area (Å²) >= 11 is 0. The molecule has 0 aliphatic heterocycles. The maximum Gasteiger partial charge on any atom is 0.118 e. The predicted molar refractivity (Wildman–Crippen MR) is 38.3 cm³/mol. The lowest BCUT2D eigenvalue weighted by molar-refractivity contribution is 0.910. The highest BCUT2D eigenvalue weighted by Gasteiger charge is 2.27. The highest BCUT2D eigenvalue weighted by molar-refractivity contribution is 6.00. The second kappa shape index (κ2) is 2.14. The molecule has 1 aliphatic rings. The normalized spacial score (nSPS) is 18.0. The van der Waals surface area contributed by atoms with E-state index in [4.69, 9.17) is 16.4 Å². The van der Waals surface area contributed by atoms with Crippen LogP contribution in [0.1, 0.15) is 13.3 Å². The Morgan fingerprint density at radius 1 is 1.90 bits per heavy atom. The molecule has 0 spiro atoms. The molecule has 1 atom stereocenters. The van der Waals surface area contributed by atoms with E-state index < -0.39 is 0 Å². The van der Waals surface area contributed by atoms with Crippen LogP contribution in [0.4, 0.5) is 0 Å². The van der Waals surface area contributed by atoms with Gasteiger partial charge in [-0.25, -0.2) is 0 Å². The van der Waals surface area contributed by atoms with Gasteiger partial charge in [0.2, 0.25) is 0 Å². The zero-order valence-corrected chi connectivity index (χ0v) is 5.81. The summed E-state index contributed by atoms with van der Waals surface area (Å²) in [6.07, 6.45) is 0.768. The van der Waals surface area contributed by atoms with Gasteiger partial charge in [-0.1, -0.05) is 0 Å². The number of hydrogen-bond acceptors (Lipinski definition) is 2. The van der Waals surface area contributed by atoms with E-state index in [0.717, 1.165) is 17.6 Å². The van der Waals surface area contributed by atoms with Crippen LogP contribution in [0.15, 0.2) is 11.1 Å². The number of amidine groups is 1. The van der Waals surface area contributed by atoms with Crippen LogP contribution in [0.2, 0.25) is 0 Å². The monoisotopic (exact) mass is 135 g/mol. The predicted octanol–water partition coefficient (Wildman–Crippen LogP) is 0.782. The van der Waals surface area contributed by atoms with Crippen LogP contribution >= 0.6 is 0 Å². The lowest BCUT2D eigenvalue weighted by Crippen LogP contribution is -2.06. The van der Waals surface area contributed by atoms with Crippen LogP contribution in [0.25, 0.3) is 0 Å². The van der Waals surface area contributed by atoms with Crippen molar-refractivity contribution in [3.8, 4) is 6.07 Å². The van der Waals surface area contributed by atoms with Crippen molar-refractivity contribution in [2.24, 2.45) is 11.7 Å². The number of nitrogens with two attached hydrogens (primary N) is 1. The van der Waals surface area contributed by atoms with E-state index in [1.54, 1.807) is 0 Å². The van der Waals surface area contributed by atoms with Gasteiger partial charge in [-0.2, -0.15) is 5.26 Å². The summed E-state index contributed by atoms with van der Waals surface area (Å²) < 4.78 is 0. The molecule has 1 aliphatic carbocycles. The third-order valence-electron chi connectivity index (χ3n) is 1.67. The summed E-state index contributed by atoms with van der Waals surface area (Å²) in [4.78, 5) is 0. The Labute approximate surface area is 59.7 Å². The van der Waals surface area contributed by atoms with Crippen molar-refractivity contribution in [1.82, 2.24) is 0 Å². The van der Waals surface area contributed by atoms with Gasteiger partial charge in [0.25, 0.3) is 0 Å². The van der Waals surface area contributed by atoms with Gasteiger partial charge in [0.15, 0.2) is 0 Å². The minimum Gasteiger partial charge on any atom is -0.384 e. The molecule has 0 radical (unpaired) electrons. The average Bonchev–Trinajstić information content (AvgIpc) is 2.64. The van der Waals surface area contributed by atoms with E-state index in [0.29, 0.717) is 0 Å². The largest absolute Gasteiger partial charge is 0.384 e. The molecule has 0 heterocycles. The van der Waals surface area contributed by atoms with Gasteiger partial charge in [0, 0.05) is 0 Å². The molecule has 1 unspecified atom stereocenters. The van der Waals surface area contributed by atoms with Crippen molar-refractivity contribution < 1.29 is 0 Å². The number of hydrogen-bond donors (Lipinski definition) is 2. The maximum absolute atomic E-state index is 8.45. The standard InChI is InChI=1S/C7H9N3/c1-4(3-8)5-2-6(5)7(9)10/h4H,2H2,1H3,(H3,9,10). The molecule has 0 fully saturated rings. The number of nitrogens with zero attached hydrogens (tertiary/aromatic N) is 1. The van der Waals surface area contributed by atoms with Gasteiger partial charge in [0.05, 0.1) is 12.0 Å². The summed E-state index contributed by atoms with van der Waals surface area (Å²) in [6.45, 7) is 1.82. The minimum atomic E-state index is -0.0566. The molecule has 0 aromatic rings. The van der Waals surface area contributed by atoms with Crippen LogP contribution in [0.3, 0.4) is 0 Å². The van der Waals surface area contributed by atoms with Crippen LogP contribution in [-0.2, 0) is 0 Å². The van der Waals surface area contributed by atoms with E-state index in [-0.39, 0.29) is 11.8 Å². The van der Waals surface area contributed by atoms with Crippen molar-refractivity contribution in [3.05, 3.63) is 11.1 Å². The van der Waals surface area contributed by atoms with Crippen molar-refractivity contribution >= 4 is 5.84 Å². The van der Waals surface area contributed by atoms with E-state index in [1.165, 1.54) is 0 Å². The lowest BCUT2D eigenvalue weighted by Gasteiger charge is -1.88. The first kappa shape index (κ1) is 6.81. The molecule has 3 nitrogen and oxygen atoms in total. The van der Waals surface area contributed by atoms with E-state index in [1.807, 2.05) is 6.92 Å². The molecule has 10 heavy (non-hydrogen) atoms. The first-order valence-corrected chi connectivity index (χ1v) is 3.12. The third kappa shape index (κ3) is 1.01. The smallest absolute Gasteiger partial charge is 0.118 e. The fourth-order valence-electron chi connectivity index (χ4n) is 0.907. The molecule has 0 aromatic carbocycles. The van der Waals surface area contributed by atoms with E-state index >= 15 is 0 Å². The molecule has 0 saturated carbocycles. The minimum absolute atomic E-state index is 0.0566. The number of allylic oxidation sites excluding steroid dienone is 1. The van der Waals surface area contributed by atoms with E-state index in [9.17, 15) is 0 Å². The number of nitrogens with one attached hydrogen (secondary N) is 1. The van der Waals surface area contributed by atoms with Gasteiger partial charge >= 0.3 is 0 Å². The van der Waals surface area contributed by atoms with Crippen molar-refractivity contribution in [3.63, 3.8) is 0 Å². The molecule has 3 heteroatoms. The van der Waals surface area contributed by atoms with Gasteiger partial charge in [0.1, 0.15) is 5.84 Å². The molecule has 0 aromatic heterocycles. The van der Waals surface area contributed by atoms with Gasteiger partial charge in [-0.15, -0.1) is 0 Å². The Hall–Kier alpha value is -1.30. The second-order valence-electron chi connectivity index (χ2n) is 2.45. The molecule has 0 bridgehead atoms. The molecule has 3 N–H and O–H groups in total. The van der Waals surface area contributed by atoms with Gasteiger partial charge < -0.3 is 5.73 Å². The number of nitriles is 1. The topological polar surface area (TPSA) is 73.7 Å². The Morgan fingerprint density at radius 3 is 2.80 bits per heavy atom. The van der Waals surface area contributed by atoms with E-state index in [2.05, 4.69) is 6.07 Å². The van der Waals surface area contributed by atoms with Crippen LogP contribution in [0.5, 0.6) is 0 Å². The Morgan fingerprint density at radius 2 is 2.50 bits per heavy atom. The molecule has 52 valence electrons. The summed E-state index contributed by atoms with van der Waals surface area (Å²) in [5.41, 5.74) is 7.10. The quantitative estimate of drug-likeness (QED) is 0.433. The second-order valence-corrected chi connectivity index (χ2v) is 2.45. The first-order valence-electron chi connectivity index (χ1n) is 3.12. The highest BCUT2D eigenvalue weighted by Crippen LogP contribution is 2.36. The third-order valence-corrected chi connectivity index (χ3v) is 1.67. The molecular formula is C7H9N3. The Balaban J connectivity index is 2.66. The van der Waals surface area contributed by atoms with Crippen LogP contribution < -0.4 is 5.73 Å². The highest BCUT2D eigenvalue weighted by atomic mass is 14.7. The Kier molecular flexibility index (Phi) is 1.46. The van der Waals surface area contributed by atoms with Gasteiger partial charge in [-0.05, 0) is 24.5 Å². The fourth-order valence-corrected chi connectivity index (χ4v) is 0.907. The average molecular weight is 135 g/mol. The molecular weight excluding hydrogens is 126 g/mol. The summed E-state index contributed by atoms with van der Waals surface area (Å²) in [5, 5.41) is 15.5. The van der Waals surface area contributed by atoms with Crippen molar-refractivity contribution in [2.75, 3.05) is 0 Å². The zero-order chi connectivity index (χ0) is 7.72. The van der Waals surface area contributed by atoms with Crippen LogP contribution in [-0.4, -0.2) is 5.84 Å². The summed E-state index contributed by atoms with van der Waals surface area (Å²) in [5.74, 6) is 0.0657. The Bertz CT molecular complexity index is 244. The fraction of sp³-hybridized carbons (Fsp3) is 0.429. The molecule has 0 saturated heterocycles.